The summed E-state index contributed by atoms with van der Waals surface area (Å²) in [6.45, 7) is 10.1. The molecule has 326 valence electrons. The van der Waals surface area contributed by atoms with Gasteiger partial charge < -0.3 is 35.0 Å². The van der Waals surface area contributed by atoms with Crippen molar-refractivity contribution in [2.75, 3.05) is 73.4 Å². The molecule has 1 aromatic heterocycles. The van der Waals surface area contributed by atoms with E-state index in [0.717, 1.165) is 81.7 Å². The standard InChI is InChI=1S/C45H57F2N9O5/c1-27(2)56-26-45(46,47)42(60)53(4)36-24-48-43(52-39(36)56)50-34-9-6-31(21-37(34)61-5)40(58)49-32-22-44(23-32)14-18-54(19-15-44)25-29-12-16-55(17-13-29)35-10-7-30(20-28(35)3)33-8-11-38(57)51-41(33)59/h6-7,9-10,20-21,24,27,29,32-33H,8,11-19,22-23,25-26H2,1-5H3,(H,49,58)(H,48,50,52)(H,51,57,59). The number of carbonyl (C=O) groups is 4. The molecule has 5 heterocycles. The van der Waals surface area contributed by atoms with Gasteiger partial charge in [0.05, 0.1) is 31.5 Å². The van der Waals surface area contributed by atoms with Gasteiger partial charge in [-0.05, 0) is 126 Å². The second-order valence-corrected chi connectivity index (χ2v) is 18.1. The molecule has 61 heavy (non-hydrogen) atoms. The summed E-state index contributed by atoms with van der Waals surface area (Å²) in [6.07, 6.45) is 8.81. The van der Waals surface area contributed by atoms with Crippen LogP contribution in [0, 0.1) is 18.3 Å². The second-order valence-electron chi connectivity index (χ2n) is 18.1. The van der Waals surface area contributed by atoms with E-state index in [9.17, 15) is 28.0 Å². The molecule has 1 unspecified atom stereocenters. The van der Waals surface area contributed by atoms with Crippen LogP contribution >= 0.6 is 0 Å². The molecule has 3 saturated heterocycles. The highest BCUT2D eigenvalue weighted by molar-refractivity contribution is 6.02. The number of hydrogen-bond acceptors (Lipinski definition) is 11. The third kappa shape index (κ3) is 8.73. The van der Waals surface area contributed by atoms with Gasteiger partial charge in [0.25, 0.3) is 11.8 Å². The summed E-state index contributed by atoms with van der Waals surface area (Å²) in [6, 6.07) is 11.1. The number of aryl methyl sites for hydroxylation is 1. The Morgan fingerprint density at radius 3 is 2.41 bits per heavy atom. The lowest BCUT2D eigenvalue weighted by Crippen LogP contribution is -2.55. The minimum Gasteiger partial charge on any atom is -0.495 e. The van der Waals surface area contributed by atoms with Gasteiger partial charge in [0.2, 0.25) is 17.8 Å². The van der Waals surface area contributed by atoms with Crippen LogP contribution in [-0.2, 0) is 14.4 Å². The second kappa shape index (κ2) is 16.8. The van der Waals surface area contributed by atoms with E-state index in [1.165, 1.54) is 36.5 Å². The van der Waals surface area contributed by atoms with Crippen LogP contribution in [0.3, 0.4) is 0 Å². The van der Waals surface area contributed by atoms with Crippen LogP contribution in [0.2, 0.25) is 0 Å². The Kier molecular flexibility index (Phi) is 11.7. The first-order chi connectivity index (χ1) is 29.1. The van der Waals surface area contributed by atoms with E-state index in [1.54, 1.807) is 32.0 Å². The summed E-state index contributed by atoms with van der Waals surface area (Å²) in [4.78, 5) is 66.2. The molecular weight excluding hydrogens is 785 g/mol. The van der Waals surface area contributed by atoms with E-state index >= 15 is 0 Å². The first-order valence-corrected chi connectivity index (χ1v) is 21.6. The van der Waals surface area contributed by atoms with Crippen molar-refractivity contribution in [2.24, 2.45) is 11.3 Å². The molecule has 14 nitrogen and oxygen atoms in total. The maximum atomic E-state index is 14.8. The van der Waals surface area contributed by atoms with Crippen molar-refractivity contribution in [3.63, 3.8) is 0 Å². The number of imide groups is 1. The number of ether oxygens (including phenoxy) is 1. The average Bonchev–Trinajstić information content (AvgIpc) is 3.29. The lowest BCUT2D eigenvalue weighted by atomic mass is 9.60. The quantitative estimate of drug-likeness (QED) is 0.213. The maximum absolute atomic E-state index is 14.8. The van der Waals surface area contributed by atoms with Gasteiger partial charge in [0, 0.05) is 56.4 Å². The molecule has 0 radical (unpaired) electrons. The third-order valence-corrected chi connectivity index (χ3v) is 13.6. The molecular formula is C45H57F2N9O5. The molecule has 1 spiro atoms. The molecule has 3 N–H and O–H groups in total. The highest BCUT2D eigenvalue weighted by atomic mass is 19.3. The van der Waals surface area contributed by atoms with E-state index in [4.69, 9.17) is 4.74 Å². The van der Waals surface area contributed by atoms with Crippen LogP contribution in [0.25, 0.3) is 0 Å². The predicted molar refractivity (Wildman–Crippen MR) is 229 cm³/mol. The Bertz CT molecular complexity index is 2180. The van der Waals surface area contributed by atoms with E-state index in [-0.39, 0.29) is 58.6 Å². The largest absolute Gasteiger partial charge is 0.495 e. The normalized spacial score (nSPS) is 22.1. The average molecular weight is 842 g/mol. The Labute approximate surface area is 355 Å². The van der Waals surface area contributed by atoms with Crippen molar-refractivity contribution >= 4 is 52.5 Å². The Morgan fingerprint density at radius 2 is 1.74 bits per heavy atom. The predicted octanol–water partition coefficient (Wildman–Crippen LogP) is 5.77. The SMILES string of the molecule is COc1cc(C(=O)NC2CC3(CCN(CC4CCN(c5ccc(C6CCC(=O)NC6=O)cc5C)CC4)CC3)C2)ccc1Nc1ncc2c(n1)N(C(C)C)CC(F)(F)C(=O)N2C. The summed E-state index contributed by atoms with van der Waals surface area (Å²) in [5.74, 6) is -4.33. The van der Waals surface area contributed by atoms with Crippen LogP contribution in [0.5, 0.6) is 5.75 Å². The number of alkyl halides is 2. The van der Waals surface area contributed by atoms with Gasteiger partial charge in [-0.25, -0.2) is 4.98 Å². The molecule has 8 rings (SSSR count). The zero-order valence-electron chi connectivity index (χ0n) is 35.7. The zero-order chi connectivity index (χ0) is 43.2. The van der Waals surface area contributed by atoms with E-state index in [2.05, 4.69) is 60.8 Å². The fourth-order valence-corrected chi connectivity index (χ4v) is 10.0. The van der Waals surface area contributed by atoms with Gasteiger partial charge in [0.1, 0.15) is 11.4 Å². The molecule has 16 heteroatoms. The van der Waals surface area contributed by atoms with Crippen molar-refractivity contribution in [3.8, 4) is 5.75 Å². The molecule has 0 bridgehead atoms. The number of benzene rings is 2. The molecule has 4 amide bonds. The molecule has 4 fully saturated rings. The molecule has 1 atom stereocenters. The summed E-state index contributed by atoms with van der Waals surface area (Å²) < 4.78 is 35.2. The Hall–Kier alpha value is -5.38. The summed E-state index contributed by atoms with van der Waals surface area (Å²) >= 11 is 0. The number of halogens is 2. The highest BCUT2D eigenvalue weighted by Crippen LogP contribution is 2.49. The highest BCUT2D eigenvalue weighted by Gasteiger charge is 2.48. The van der Waals surface area contributed by atoms with Crippen LogP contribution in [-0.4, -0.2) is 110 Å². The topological polar surface area (TPSA) is 152 Å². The molecule has 5 aliphatic rings. The molecule has 3 aromatic rings. The van der Waals surface area contributed by atoms with E-state index in [0.29, 0.717) is 35.8 Å². The lowest BCUT2D eigenvalue weighted by Gasteiger charge is -2.52. The first-order valence-electron chi connectivity index (χ1n) is 21.6. The van der Waals surface area contributed by atoms with Gasteiger partial charge in [0.15, 0.2) is 5.82 Å². The number of methoxy groups -OCH3 is 1. The fraction of sp³-hybridized carbons (Fsp3) is 0.556. The number of piperidine rings is 3. The van der Waals surface area contributed by atoms with Gasteiger partial charge >= 0.3 is 5.92 Å². The lowest BCUT2D eigenvalue weighted by molar-refractivity contribution is -0.140. The Balaban J connectivity index is 0.793. The number of anilines is 5. The minimum absolute atomic E-state index is 0.114. The summed E-state index contributed by atoms with van der Waals surface area (Å²) in [5.41, 5.74) is 4.79. The van der Waals surface area contributed by atoms with Crippen LogP contribution in [0.4, 0.5) is 37.6 Å². The fourth-order valence-electron chi connectivity index (χ4n) is 10.0. The molecule has 1 aliphatic carbocycles. The van der Waals surface area contributed by atoms with Crippen LogP contribution in [0.1, 0.15) is 92.6 Å². The monoisotopic (exact) mass is 841 g/mol. The van der Waals surface area contributed by atoms with E-state index < -0.39 is 18.4 Å². The number of likely N-dealkylation sites (tertiary alicyclic amines) is 1. The number of fused-ring (bicyclic) bond motifs is 1. The molecule has 4 aliphatic heterocycles. The van der Waals surface area contributed by atoms with Gasteiger partial charge in [-0.15, -0.1) is 0 Å². The number of amides is 4. The number of aromatic nitrogens is 2. The minimum atomic E-state index is -3.59. The van der Waals surface area contributed by atoms with Gasteiger partial charge in [-0.2, -0.15) is 13.8 Å². The van der Waals surface area contributed by atoms with Crippen molar-refractivity contribution in [1.29, 1.82) is 0 Å². The number of nitrogens with one attached hydrogen (secondary N) is 3. The van der Waals surface area contributed by atoms with Crippen molar-refractivity contribution in [2.45, 2.75) is 96.1 Å². The van der Waals surface area contributed by atoms with Crippen LogP contribution in [0.15, 0.2) is 42.6 Å². The third-order valence-electron chi connectivity index (χ3n) is 13.6. The molecule has 2 aromatic carbocycles. The van der Waals surface area contributed by atoms with Gasteiger partial charge in [-0.3, -0.25) is 24.5 Å². The van der Waals surface area contributed by atoms with Gasteiger partial charge in [-0.1, -0.05) is 12.1 Å². The number of carbonyl (C=O) groups excluding carboxylic acids is 4. The van der Waals surface area contributed by atoms with Crippen LogP contribution < -0.4 is 35.4 Å². The number of hydrogen-bond donors (Lipinski definition) is 3. The number of rotatable bonds is 10. The van der Waals surface area contributed by atoms with E-state index in [1.807, 2.05) is 0 Å². The summed E-state index contributed by atoms with van der Waals surface area (Å²) in [5, 5.41) is 8.81. The Morgan fingerprint density at radius 1 is 1.00 bits per heavy atom. The zero-order valence-corrected chi connectivity index (χ0v) is 35.7. The van der Waals surface area contributed by atoms with Crippen molar-refractivity contribution < 1.29 is 32.7 Å². The molecule has 1 saturated carbocycles. The van der Waals surface area contributed by atoms with Crippen molar-refractivity contribution in [1.82, 2.24) is 25.5 Å². The van der Waals surface area contributed by atoms with Crippen molar-refractivity contribution in [3.05, 3.63) is 59.3 Å². The smallest absolute Gasteiger partial charge is 0.342 e. The maximum Gasteiger partial charge on any atom is 0.342 e. The first kappa shape index (κ1) is 42.3. The number of nitrogens with zero attached hydrogens (tertiary/aromatic N) is 6. The summed E-state index contributed by atoms with van der Waals surface area (Å²) in [7, 11) is 2.79.